The summed E-state index contributed by atoms with van der Waals surface area (Å²) in [5.41, 5.74) is 11.4. The Balaban J connectivity index is 1.30. The molecule has 2 aromatic carbocycles. The van der Waals surface area contributed by atoms with Gasteiger partial charge in [0.15, 0.2) is 0 Å². The van der Waals surface area contributed by atoms with E-state index in [1.54, 1.807) is 12.1 Å². The lowest BCUT2D eigenvalue weighted by atomic mass is 10.1. The van der Waals surface area contributed by atoms with Gasteiger partial charge < -0.3 is 20.1 Å². The molecule has 7 heteroatoms. The number of rotatable bonds is 5. The SMILES string of the molecule is COC(=O)c1cc(-c2ccc(C#Cc3ccc(CN4CCOCC4)cc3)cc2)nc(N2CCC(N)C2)c1. The van der Waals surface area contributed by atoms with Crippen molar-refractivity contribution in [2.24, 2.45) is 5.73 Å². The molecular weight excluding hydrogens is 464 g/mol. The Morgan fingerprint density at radius 1 is 1.03 bits per heavy atom. The van der Waals surface area contributed by atoms with E-state index in [0.717, 1.165) is 74.9 Å². The minimum absolute atomic E-state index is 0.117. The van der Waals surface area contributed by atoms with E-state index in [9.17, 15) is 4.79 Å². The van der Waals surface area contributed by atoms with Gasteiger partial charge in [0.2, 0.25) is 0 Å². The van der Waals surface area contributed by atoms with Crippen LogP contribution in [0, 0.1) is 11.8 Å². The molecule has 37 heavy (non-hydrogen) atoms. The van der Waals surface area contributed by atoms with Crippen molar-refractivity contribution in [2.75, 3.05) is 51.4 Å². The molecule has 2 fully saturated rings. The van der Waals surface area contributed by atoms with Gasteiger partial charge in [-0.05, 0) is 48.4 Å². The van der Waals surface area contributed by atoms with Crippen LogP contribution in [0.25, 0.3) is 11.3 Å². The zero-order valence-electron chi connectivity index (χ0n) is 21.2. The number of nitrogens with zero attached hydrogens (tertiary/aromatic N) is 3. The van der Waals surface area contributed by atoms with Gasteiger partial charge in [-0.1, -0.05) is 36.1 Å². The Morgan fingerprint density at radius 3 is 2.32 bits per heavy atom. The fourth-order valence-electron chi connectivity index (χ4n) is 4.64. The van der Waals surface area contributed by atoms with E-state index in [0.29, 0.717) is 11.3 Å². The number of carbonyl (C=O) groups excluding carboxylic acids is 1. The highest BCUT2D eigenvalue weighted by Crippen LogP contribution is 2.26. The van der Waals surface area contributed by atoms with Crippen LogP contribution in [0.4, 0.5) is 5.82 Å². The van der Waals surface area contributed by atoms with Crippen LogP contribution in [0.1, 0.15) is 33.5 Å². The van der Waals surface area contributed by atoms with E-state index in [-0.39, 0.29) is 12.0 Å². The number of benzene rings is 2. The number of nitrogens with two attached hydrogens (primary N) is 1. The molecule has 2 aliphatic rings. The van der Waals surface area contributed by atoms with Crippen molar-refractivity contribution >= 4 is 11.8 Å². The van der Waals surface area contributed by atoms with Gasteiger partial charge in [0.25, 0.3) is 0 Å². The second-order valence-electron chi connectivity index (χ2n) is 9.50. The maximum Gasteiger partial charge on any atom is 0.338 e. The van der Waals surface area contributed by atoms with Gasteiger partial charge in [0, 0.05) is 55.5 Å². The number of aromatic nitrogens is 1. The van der Waals surface area contributed by atoms with Crippen LogP contribution in [0.3, 0.4) is 0 Å². The van der Waals surface area contributed by atoms with Crippen molar-refractivity contribution in [3.8, 4) is 23.1 Å². The summed E-state index contributed by atoms with van der Waals surface area (Å²) >= 11 is 0. The molecule has 0 saturated carbocycles. The first-order valence-corrected chi connectivity index (χ1v) is 12.7. The number of hydrogen-bond donors (Lipinski definition) is 1. The molecule has 0 amide bonds. The highest BCUT2D eigenvalue weighted by molar-refractivity contribution is 5.91. The zero-order valence-corrected chi connectivity index (χ0v) is 21.2. The second-order valence-corrected chi connectivity index (χ2v) is 9.50. The molecule has 2 aliphatic heterocycles. The zero-order chi connectivity index (χ0) is 25.6. The van der Waals surface area contributed by atoms with E-state index in [1.807, 2.05) is 24.3 Å². The van der Waals surface area contributed by atoms with E-state index < -0.39 is 0 Å². The van der Waals surface area contributed by atoms with E-state index in [1.165, 1.54) is 12.7 Å². The number of pyridine rings is 1. The van der Waals surface area contributed by atoms with Gasteiger partial charge in [-0.15, -0.1) is 0 Å². The molecule has 1 unspecified atom stereocenters. The monoisotopic (exact) mass is 496 g/mol. The predicted octanol–water partition coefficient (Wildman–Crippen LogP) is 3.30. The number of carbonyl (C=O) groups is 1. The van der Waals surface area contributed by atoms with Crippen LogP contribution in [0.5, 0.6) is 0 Å². The van der Waals surface area contributed by atoms with Crippen LogP contribution < -0.4 is 10.6 Å². The quantitative estimate of drug-likeness (QED) is 0.429. The average molecular weight is 497 g/mol. The first-order valence-electron chi connectivity index (χ1n) is 12.7. The maximum absolute atomic E-state index is 12.3. The highest BCUT2D eigenvalue weighted by atomic mass is 16.5. The third-order valence-corrected chi connectivity index (χ3v) is 6.78. The van der Waals surface area contributed by atoms with Gasteiger partial charge in [0.05, 0.1) is 31.6 Å². The lowest BCUT2D eigenvalue weighted by Gasteiger charge is -2.26. The molecule has 2 N–H and O–H groups in total. The largest absolute Gasteiger partial charge is 0.465 e. The summed E-state index contributed by atoms with van der Waals surface area (Å²) in [7, 11) is 1.39. The first-order chi connectivity index (χ1) is 18.1. The lowest BCUT2D eigenvalue weighted by molar-refractivity contribution is 0.0342. The number of hydrogen-bond acceptors (Lipinski definition) is 7. The van der Waals surface area contributed by atoms with Crippen LogP contribution in [0.2, 0.25) is 0 Å². The topological polar surface area (TPSA) is 80.9 Å². The molecule has 7 nitrogen and oxygen atoms in total. The molecular formula is C30H32N4O3. The number of methoxy groups -OCH3 is 1. The molecule has 1 atom stereocenters. The lowest BCUT2D eigenvalue weighted by Crippen LogP contribution is -2.35. The third kappa shape index (κ3) is 6.36. The van der Waals surface area contributed by atoms with Crippen molar-refractivity contribution in [2.45, 2.75) is 19.0 Å². The smallest absolute Gasteiger partial charge is 0.338 e. The van der Waals surface area contributed by atoms with Crippen LogP contribution in [-0.2, 0) is 16.0 Å². The molecule has 2 saturated heterocycles. The number of esters is 1. The fourth-order valence-corrected chi connectivity index (χ4v) is 4.64. The summed E-state index contributed by atoms with van der Waals surface area (Å²) in [6, 6.07) is 20.0. The fraction of sp³-hybridized carbons (Fsp3) is 0.333. The predicted molar refractivity (Wildman–Crippen MR) is 144 cm³/mol. The molecule has 1 aromatic heterocycles. The van der Waals surface area contributed by atoms with E-state index >= 15 is 0 Å². The van der Waals surface area contributed by atoms with Gasteiger partial charge in [-0.2, -0.15) is 0 Å². The molecule has 3 aromatic rings. The van der Waals surface area contributed by atoms with Gasteiger partial charge in [0.1, 0.15) is 5.82 Å². The summed E-state index contributed by atoms with van der Waals surface area (Å²) in [6.07, 6.45) is 0.906. The summed E-state index contributed by atoms with van der Waals surface area (Å²) in [5, 5.41) is 0. The van der Waals surface area contributed by atoms with Gasteiger partial charge in [-0.25, -0.2) is 9.78 Å². The third-order valence-electron chi connectivity index (χ3n) is 6.78. The van der Waals surface area contributed by atoms with Crippen LogP contribution in [0.15, 0.2) is 60.7 Å². The minimum Gasteiger partial charge on any atom is -0.465 e. The summed E-state index contributed by atoms with van der Waals surface area (Å²) < 4.78 is 10.4. The molecule has 0 radical (unpaired) electrons. The van der Waals surface area contributed by atoms with Gasteiger partial charge in [-0.3, -0.25) is 4.90 Å². The second kappa shape index (κ2) is 11.6. The number of morpholine rings is 1. The van der Waals surface area contributed by atoms with Crippen molar-refractivity contribution in [1.29, 1.82) is 0 Å². The van der Waals surface area contributed by atoms with E-state index in [2.05, 4.69) is 45.9 Å². The normalized spacial score (nSPS) is 17.8. The molecule has 190 valence electrons. The molecule has 0 bridgehead atoms. The molecule has 3 heterocycles. The highest BCUT2D eigenvalue weighted by Gasteiger charge is 2.22. The van der Waals surface area contributed by atoms with Gasteiger partial charge >= 0.3 is 5.97 Å². The summed E-state index contributed by atoms with van der Waals surface area (Å²) in [4.78, 5) is 21.7. The van der Waals surface area contributed by atoms with Crippen molar-refractivity contribution in [3.05, 3.63) is 82.9 Å². The summed E-state index contributed by atoms with van der Waals surface area (Å²) in [6.45, 7) is 6.06. The number of ether oxygens (including phenoxy) is 2. The Bertz CT molecular complexity index is 1290. The maximum atomic E-state index is 12.3. The number of anilines is 1. The molecule has 0 aliphatic carbocycles. The first kappa shape index (κ1) is 25.0. The average Bonchev–Trinajstić information content (AvgIpc) is 3.39. The Hall–Kier alpha value is -3.70. The van der Waals surface area contributed by atoms with Crippen LogP contribution in [-0.4, -0.2) is 68.4 Å². The molecule has 5 rings (SSSR count). The van der Waals surface area contributed by atoms with Crippen molar-refractivity contribution in [1.82, 2.24) is 9.88 Å². The Labute approximate surface area is 218 Å². The minimum atomic E-state index is -0.383. The summed E-state index contributed by atoms with van der Waals surface area (Å²) in [5.74, 6) is 6.86. The van der Waals surface area contributed by atoms with E-state index in [4.69, 9.17) is 20.2 Å². The van der Waals surface area contributed by atoms with Crippen molar-refractivity contribution < 1.29 is 14.3 Å². The Kier molecular flexibility index (Phi) is 7.81. The Morgan fingerprint density at radius 2 is 1.70 bits per heavy atom. The molecule has 0 spiro atoms. The standard InChI is InChI=1S/C30H32N4O3/c1-36-30(35)26-18-28(32-29(19-26)34-13-12-27(31)21-34)25-10-8-23(9-11-25)3-2-22-4-6-24(7-5-22)20-33-14-16-37-17-15-33/h4-11,18-19,27H,12-17,20-21,31H2,1H3. The van der Waals surface area contributed by atoms with Crippen LogP contribution >= 0.6 is 0 Å². The van der Waals surface area contributed by atoms with Crippen molar-refractivity contribution in [3.63, 3.8) is 0 Å².